The molecule has 1 aliphatic heterocycles. The van der Waals surface area contributed by atoms with Crippen molar-refractivity contribution in [3.63, 3.8) is 0 Å². The van der Waals surface area contributed by atoms with E-state index >= 15 is 0 Å². The Labute approximate surface area is 122 Å². The van der Waals surface area contributed by atoms with Crippen LogP contribution in [0, 0.1) is 5.92 Å². The van der Waals surface area contributed by atoms with Crippen molar-refractivity contribution in [1.29, 1.82) is 0 Å². The first-order chi connectivity index (χ1) is 9.15. The molecule has 1 aromatic heterocycles. The van der Waals surface area contributed by atoms with Gasteiger partial charge >= 0.3 is 0 Å². The molecule has 1 aliphatic rings. The minimum Gasteiger partial charge on any atom is -0.349 e. The van der Waals surface area contributed by atoms with Crippen molar-refractivity contribution in [1.82, 2.24) is 15.2 Å². The van der Waals surface area contributed by atoms with E-state index in [1.165, 1.54) is 12.8 Å². The van der Waals surface area contributed by atoms with Crippen LogP contribution in [0.15, 0.2) is 22.8 Å². The van der Waals surface area contributed by atoms with Gasteiger partial charge in [-0.2, -0.15) is 0 Å². The summed E-state index contributed by atoms with van der Waals surface area (Å²) >= 11 is 3.30. The van der Waals surface area contributed by atoms with Crippen molar-refractivity contribution in [2.45, 2.75) is 19.8 Å². The van der Waals surface area contributed by atoms with Crippen LogP contribution in [0.25, 0.3) is 0 Å². The molecule has 0 aromatic carbocycles. The molecule has 1 amide bonds. The molecule has 0 saturated carbocycles. The largest absolute Gasteiger partial charge is 0.349 e. The zero-order valence-electron chi connectivity index (χ0n) is 11.2. The number of carbonyl (C=O) groups excluding carboxylic acids is 1. The third-order valence-corrected chi connectivity index (χ3v) is 4.02. The van der Waals surface area contributed by atoms with E-state index in [0.717, 1.165) is 30.0 Å². The molecule has 0 unspecified atom stereocenters. The van der Waals surface area contributed by atoms with E-state index in [9.17, 15) is 4.79 Å². The average molecular weight is 326 g/mol. The second kappa shape index (κ2) is 7.01. The fourth-order valence-electron chi connectivity index (χ4n) is 2.21. The number of pyridine rings is 1. The lowest BCUT2D eigenvalue weighted by atomic mass is 9.99. The Kier molecular flexibility index (Phi) is 5.34. The highest BCUT2D eigenvalue weighted by molar-refractivity contribution is 9.10. The van der Waals surface area contributed by atoms with E-state index in [1.54, 1.807) is 12.3 Å². The van der Waals surface area contributed by atoms with Gasteiger partial charge in [-0.25, -0.2) is 4.98 Å². The Hall–Kier alpha value is -0.940. The zero-order chi connectivity index (χ0) is 13.7. The summed E-state index contributed by atoms with van der Waals surface area (Å²) in [5, 5.41) is 2.92. The molecule has 0 atom stereocenters. The second-order valence-corrected chi connectivity index (χ2v) is 6.06. The fourth-order valence-corrected chi connectivity index (χ4v) is 2.45. The molecule has 1 fully saturated rings. The Morgan fingerprint density at radius 2 is 2.21 bits per heavy atom. The molecular formula is C14H20BrN3O. The molecule has 1 aromatic rings. The van der Waals surface area contributed by atoms with Crippen LogP contribution in [-0.2, 0) is 0 Å². The molecule has 2 rings (SSSR count). The van der Waals surface area contributed by atoms with Gasteiger partial charge in [-0.3, -0.25) is 4.79 Å². The SMILES string of the molecule is CC1CCN(CCNC(=O)c2ccc(Br)cn2)CC1. The lowest BCUT2D eigenvalue weighted by molar-refractivity contribution is 0.0939. The van der Waals surface area contributed by atoms with Gasteiger partial charge in [-0.15, -0.1) is 0 Å². The van der Waals surface area contributed by atoms with Gasteiger partial charge in [0.25, 0.3) is 5.91 Å². The van der Waals surface area contributed by atoms with Crippen LogP contribution in [0.1, 0.15) is 30.3 Å². The van der Waals surface area contributed by atoms with E-state index in [2.05, 4.69) is 38.1 Å². The van der Waals surface area contributed by atoms with Crippen molar-refractivity contribution in [3.05, 3.63) is 28.5 Å². The molecule has 1 saturated heterocycles. The molecule has 19 heavy (non-hydrogen) atoms. The van der Waals surface area contributed by atoms with Crippen LogP contribution >= 0.6 is 15.9 Å². The van der Waals surface area contributed by atoms with Gasteiger partial charge in [0.15, 0.2) is 0 Å². The highest BCUT2D eigenvalue weighted by atomic mass is 79.9. The number of rotatable bonds is 4. The predicted molar refractivity (Wildman–Crippen MR) is 79.1 cm³/mol. The minimum absolute atomic E-state index is 0.0992. The normalized spacial score (nSPS) is 17.4. The third kappa shape index (κ3) is 4.58. The lowest BCUT2D eigenvalue weighted by Crippen LogP contribution is -2.39. The van der Waals surface area contributed by atoms with Gasteiger partial charge in [0.2, 0.25) is 0 Å². The Bertz CT molecular complexity index is 413. The van der Waals surface area contributed by atoms with Crippen molar-refractivity contribution in [3.8, 4) is 0 Å². The smallest absolute Gasteiger partial charge is 0.269 e. The molecule has 5 heteroatoms. The number of hydrogen-bond donors (Lipinski definition) is 1. The summed E-state index contributed by atoms with van der Waals surface area (Å²) < 4.78 is 0.881. The molecule has 1 N–H and O–H groups in total. The number of hydrogen-bond acceptors (Lipinski definition) is 3. The summed E-state index contributed by atoms with van der Waals surface area (Å²) in [5.74, 6) is 0.746. The molecule has 0 bridgehead atoms. The summed E-state index contributed by atoms with van der Waals surface area (Å²) in [6.45, 7) is 6.21. The highest BCUT2D eigenvalue weighted by Crippen LogP contribution is 2.15. The van der Waals surface area contributed by atoms with Crippen LogP contribution in [0.4, 0.5) is 0 Å². The number of halogens is 1. The minimum atomic E-state index is -0.0992. The first kappa shape index (κ1) is 14.5. The lowest BCUT2D eigenvalue weighted by Gasteiger charge is -2.30. The zero-order valence-corrected chi connectivity index (χ0v) is 12.8. The Morgan fingerprint density at radius 3 is 2.84 bits per heavy atom. The van der Waals surface area contributed by atoms with Crippen molar-refractivity contribution >= 4 is 21.8 Å². The molecule has 4 nitrogen and oxygen atoms in total. The van der Waals surface area contributed by atoms with Gasteiger partial charge in [0, 0.05) is 23.8 Å². The molecule has 0 radical (unpaired) electrons. The number of nitrogens with one attached hydrogen (secondary N) is 1. The maximum atomic E-state index is 11.8. The molecule has 104 valence electrons. The van der Waals surface area contributed by atoms with Crippen molar-refractivity contribution in [2.75, 3.05) is 26.2 Å². The van der Waals surface area contributed by atoms with Crippen LogP contribution in [-0.4, -0.2) is 42.0 Å². The maximum absolute atomic E-state index is 11.8. The van der Waals surface area contributed by atoms with Gasteiger partial charge < -0.3 is 10.2 Å². The highest BCUT2D eigenvalue weighted by Gasteiger charge is 2.15. The van der Waals surface area contributed by atoms with Crippen LogP contribution in [0.5, 0.6) is 0 Å². The second-order valence-electron chi connectivity index (χ2n) is 5.14. The summed E-state index contributed by atoms with van der Waals surface area (Å²) in [6, 6.07) is 3.55. The Balaban J connectivity index is 1.70. The fraction of sp³-hybridized carbons (Fsp3) is 0.571. The molecule has 2 heterocycles. The summed E-state index contributed by atoms with van der Waals surface area (Å²) in [6.07, 6.45) is 4.17. The standard InChI is InChI=1S/C14H20BrN3O/c1-11-4-7-18(8-5-11)9-6-16-14(19)13-3-2-12(15)10-17-13/h2-3,10-11H,4-9H2,1H3,(H,16,19). The van der Waals surface area contributed by atoms with Crippen molar-refractivity contribution in [2.24, 2.45) is 5.92 Å². The predicted octanol–water partition coefficient (Wildman–Crippen LogP) is 2.31. The quantitative estimate of drug-likeness (QED) is 0.923. The van der Waals surface area contributed by atoms with E-state index in [-0.39, 0.29) is 5.91 Å². The van der Waals surface area contributed by atoms with Gasteiger partial charge in [0.05, 0.1) is 0 Å². The van der Waals surface area contributed by atoms with Gasteiger partial charge in [-0.1, -0.05) is 6.92 Å². The summed E-state index contributed by atoms with van der Waals surface area (Å²) in [4.78, 5) is 18.3. The van der Waals surface area contributed by atoms with Crippen LogP contribution in [0.3, 0.4) is 0 Å². The summed E-state index contributed by atoms with van der Waals surface area (Å²) in [5.41, 5.74) is 0.468. The first-order valence-electron chi connectivity index (χ1n) is 6.77. The topological polar surface area (TPSA) is 45.2 Å². The number of carbonyl (C=O) groups is 1. The number of aromatic nitrogens is 1. The first-order valence-corrected chi connectivity index (χ1v) is 7.56. The number of piperidine rings is 1. The van der Waals surface area contributed by atoms with E-state index in [1.807, 2.05) is 6.07 Å². The Morgan fingerprint density at radius 1 is 1.47 bits per heavy atom. The molecule has 0 aliphatic carbocycles. The average Bonchev–Trinajstić information content (AvgIpc) is 2.41. The maximum Gasteiger partial charge on any atom is 0.269 e. The van der Waals surface area contributed by atoms with E-state index in [0.29, 0.717) is 12.2 Å². The number of amides is 1. The molecular weight excluding hydrogens is 306 g/mol. The van der Waals surface area contributed by atoms with Crippen molar-refractivity contribution < 1.29 is 4.79 Å². The third-order valence-electron chi connectivity index (χ3n) is 3.55. The van der Waals surface area contributed by atoms with Crippen LogP contribution < -0.4 is 5.32 Å². The van der Waals surface area contributed by atoms with Crippen LogP contribution in [0.2, 0.25) is 0 Å². The summed E-state index contributed by atoms with van der Waals surface area (Å²) in [7, 11) is 0. The number of nitrogens with zero attached hydrogens (tertiary/aromatic N) is 2. The van der Waals surface area contributed by atoms with E-state index in [4.69, 9.17) is 0 Å². The van der Waals surface area contributed by atoms with Gasteiger partial charge in [0.1, 0.15) is 5.69 Å². The molecule has 0 spiro atoms. The monoisotopic (exact) mass is 325 g/mol. The van der Waals surface area contributed by atoms with E-state index < -0.39 is 0 Å². The number of likely N-dealkylation sites (tertiary alicyclic amines) is 1. The van der Waals surface area contributed by atoms with Gasteiger partial charge in [-0.05, 0) is 59.9 Å².